The number of aryl methyl sites for hydroxylation is 1. The average Bonchev–Trinajstić information content (AvgIpc) is 2.24. The highest BCUT2D eigenvalue weighted by Gasteiger charge is 2.38. The first-order valence-electron chi connectivity index (χ1n) is 6.74. The van der Waals surface area contributed by atoms with Crippen molar-refractivity contribution < 1.29 is 9.84 Å². The molecule has 4 heteroatoms. The van der Waals surface area contributed by atoms with Crippen LogP contribution in [0, 0.1) is 6.92 Å². The van der Waals surface area contributed by atoms with Crippen molar-refractivity contribution in [2.75, 3.05) is 18.0 Å². The highest BCUT2D eigenvalue weighted by molar-refractivity contribution is 5.44. The summed E-state index contributed by atoms with van der Waals surface area (Å²) >= 11 is 0. The van der Waals surface area contributed by atoms with Crippen LogP contribution in [0.1, 0.15) is 39.0 Å². The smallest absolute Gasteiger partial charge is 0.129 e. The summed E-state index contributed by atoms with van der Waals surface area (Å²) in [4.78, 5) is 6.84. The number of anilines is 1. The van der Waals surface area contributed by atoms with Crippen LogP contribution in [0.3, 0.4) is 0 Å². The molecule has 0 aliphatic carbocycles. The van der Waals surface area contributed by atoms with Gasteiger partial charge in [0, 0.05) is 18.8 Å². The zero-order chi connectivity index (χ0) is 14.3. The van der Waals surface area contributed by atoms with Crippen LogP contribution in [-0.4, -0.2) is 34.4 Å². The van der Waals surface area contributed by atoms with E-state index >= 15 is 0 Å². The van der Waals surface area contributed by atoms with Gasteiger partial charge in [-0.3, -0.25) is 0 Å². The molecule has 1 aromatic heterocycles. The van der Waals surface area contributed by atoms with Crippen LogP contribution >= 0.6 is 0 Å². The monoisotopic (exact) mass is 264 g/mol. The minimum absolute atomic E-state index is 0.0491. The summed E-state index contributed by atoms with van der Waals surface area (Å²) in [5, 5.41) is 9.32. The van der Waals surface area contributed by atoms with Gasteiger partial charge in [-0.25, -0.2) is 4.98 Å². The molecule has 2 rings (SSSR count). The number of hydrogen-bond donors (Lipinski definition) is 1. The number of pyridine rings is 1. The van der Waals surface area contributed by atoms with Gasteiger partial charge >= 0.3 is 0 Å². The number of rotatable bonds is 2. The molecule has 0 saturated carbocycles. The Balaban J connectivity index is 2.33. The largest absolute Gasteiger partial charge is 0.392 e. The zero-order valence-corrected chi connectivity index (χ0v) is 12.5. The molecule has 1 aromatic rings. The normalized spacial score (nSPS) is 21.5. The summed E-state index contributed by atoms with van der Waals surface area (Å²) in [7, 11) is 0. The van der Waals surface area contributed by atoms with E-state index in [0.29, 0.717) is 0 Å². The van der Waals surface area contributed by atoms with E-state index < -0.39 is 0 Å². The van der Waals surface area contributed by atoms with Crippen LogP contribution in [0.4, 0.5) is 5.82 Å². The van der Waals surface area contributed by atoms with E-state index in [1.165, 1.54) is 0 Å². The Kier molecular flexibility index (Phi) is 3.58. The van der Waals surface area contributed by atoms with Crippen LogP contribution in [-0.2, 0) is 11.3 Å². The lowest BCUT2D eigenvalue weighted by Crippen LogP contribution is -2.57. The second kappa shape index (κ2) is 4.76. The number of aliphatic hydroxyl groups is 1. The molecule has 0 spiro atoms. The summed E-state index contributed by atoms with van der Waals surface area (Å²) in [6.45, 7) is 12.0. The third-order valence-electron chi connectivity index (χ3n) is 3.20. The van der Waals surface area contributed by atoms with Gasteiger partial charge in [-0.2, -0.15) is 0 Å². The number of nitrogens with zero attached hydrogens (tertiary/aromatic N) is 2. The standard InChI is InChI=1S/C15H24N2O2/c1-11-6-12(8-18)7-13(16-11)17-9-14(2,3)19-15(4,5)10-17/h6-7,18H,8-10H2,1-5H3. The zero-order valence-electron chi connectivity index (χ0n) is 12.5. The van der Waals surface area contributed by atoms with Gasteiger partial charge < -0.3 is 14.7 Å². The van der Waals surface area contributed by atoms with Crippen molar-refractivity contribution in [1.29, 1.82) is 0 Å². The van der Waals surface area contributed by atoms with Crippen molar-refractivity contribution in [2.24, 2.45) is 0 Å². The lowest BCUT2D eigenvalue weighted by molar-refractivity contribution is -0.133. The van der Waals surface area contributed by atoms with Gasteiger partial charge in [0.2, 0.25) is 0 Å². The molecule has 19 heavy (non-hydrogen) atoms. The van der Waals surface area contributed by atoms with Crippen molar-refractivity contribution in [3.05, 3.63) is 23.4 Å². The van der Waals surface area contributed by atoms with Gasteiger partial charge in [0.15, 0.2) is 0 Å². The van der Waals surface area contributed by atoms with E-state index in [-0.39, 0.29) is 17.8 Å². The van der Waals surface area contributed by atoms with Crippen molar-refractivity contribution in [3.8, 4) is 0 Å². The SMILES string of the molecule is Cc1cc(CO)cc(N2CC(C)(C)OC(C)(C)C2)n1. The molecule has 0 unspecified atom stereocenters. The molecule has 0 bridgehead atoms. The fraction of sp³-hybridized carbons (Fsp3) is 0.667. The molecule has 1 aliphatic rings. The molecule has 1 N–H and O–H groups in total. The Morgan fingerprint density at radius 3 is 2.32 bits per heavy atom. The minimum Gasteiger partial charge on any atom is -0.392 e. The Bertz CT molecular complexity index is 453. The van der Waals surface area contributed by atoms with Gasteiger partial charge in [0.25, 0.3) is 0 Å². The molecule has 4 nitrogen and oxygen atoms in total. The Morgan fingerprint density at radius 1 is 1.21 bits per heavy atom. The van der Waals surface area contributed by atoms with E-state index in [2.05, 4.69) is 37.6 Å². The fourth-order valence-electron chi connectivity index (χ4n) is 2.92. The first-order valence-corrected chi connectivity index (χ1v) is 6.74. The summed E-state index contributed by atoms with van der Waals surface area (Å²) in [6.07, 6.45) is 0. The third kappa shape index (κ3) is 3.45. The first kappa shape index (κ1) is 14.3. The Morgan fingerprint density at radius 2 is 1.79 bits per heavy atom. The molecule has 0 aromatic carbocycles. The number of aromatic nitrogens is 1. The second-order valence-corrected chi connectivity index (χ2v) is 6.61. The Labute approximate surface area is 115 Å². The van der Waals surface area contributed by atoms with Crippen molar-refractivity contribution in [1.82, 2.24) is 4.98 Å². The highest BCUT2D eigenvalue weighted by Crippen LogP contribution is 2.31. The van der Waals surface area contributed by atoms with Crippen molar-refractivity contribution in [3.63, 3.8) is 0 Å². The second-order valence-electron chi connectivity index (χ2n) is 6.61. The highest BCUT2D eigenvalue weighted by atomic mass is 16.5. The lowest BCUT2D eigenvalue weighted by atomic mass is 9.99. The van der Waals surface area contributed by atoms with Crippen LogP contribution in [0.15, 0.2) is 12.1 Å². The third-order valence-corrected chi connectivity index (χ3v) is 3.20. The number of aliphatic hydroxyl groups excluding tert-OH is 1. The summed E-state index contributed by atoms with van der Waals surface area (Å²) in [5.74, 6) is 0.925. The van der Waals surface area contributed by atoms with Crippen LogP contribution in [0.2, 0.25) is 0 Å². The van der Waals surface area contributed by atoms with Gasteiger partial charge in [0.05, 0.1) is 17.8 Å². The molecule has 0 amide bonds. The van der Waals surface area contributed by atoms with Gasteiger partial charge in [-0.05, 0) is 52.3 Å². The molecular weight excluding hydrogens is 240 g/mol. The molecule has 1 fully saturated rings. The van der Waals surface area contributed by atoms with E-state index in [9.17, 15) is 5.11 Å². The van der Waals surface area contributed by atoms with Crippen LogP contribution in [0.5, 0.6) is 0 Å². The minimum atomic E-state index is -0.202. The molecule has 1 saturated heterocycles. The van der Waals surface area contributed by atoms with E-state index in [4.69, 9.17) is 4.74 Å². The predicted octanol–water partition coefficient (Wildman–Crippen LogP) is 2.28. The molecule has 0 radical (unpaired) electrons. The van der Waals surface area contributed by atoms with Crippen LogP contribution in [0.25, 0.3) is 0 Å². The van der Waals surface area contributed by atoms with E-state index in [1.807, 2.05) is 19.1 Å². The Hall–Kier alpha value is -1.13. The van der Waals surface area contributed by atoms with E-state index in [0.717, 1.165) is 30.2 Å². The average molecular weight is 264 g/mol. The fourth-order valence-corrected chi connectivity index (χ4v) is 2.92. The van der Waals surface area contributed by atoms with Crippen LogP contribution < -0.4 is 4.90 Å². The number of morpholine rings is 1. The first-order chi connectivity index (χ1) is 8.71. The molecule has 0 atom stereocenters. The lowest BCUT2D eigenvalue weighted by Gasteiger charge is -2.47. The maximum absolute atomic E-state index is 9.32. The summed E-state index contributed by atoms with van der Waals surface area (Å²) in [6, 6.07) is 3.88. The van der Waals surface area contributed by atoms with E-state index in [1.54, 1.807) is 0 Å². The van der Waals surface area contributed by atoms with Crippen molar-refractivity contribution in [2.45, 2.75) is 52.4 Å². The number of hydrogen-bond acceptors (Lipinski definition) is 4. The molecular formula is C15H24N2O2. The van der Waals surface area contributed by atoms with Gasteiger partial charge in [-0.1, -0.05) is 0 Å². The molecule has 106 valence electrons. The number of ether oxygens (including phenoxy) is 1. The quantitative estimate of drug-likeness (QED) is 0.890. The summed E-state index contributed by atoms with van der Waals surface area (Å²) < 4.78 is 6.08. The maximum Gasteiger partial charge on any atom is 0.129 e. The predicted molar refractivity (Wildman–Crippen MR) is 76.4 cm³/mol. The molecule has 2 heterocycles. The summed E-state index contributed by atoms with van der Waals surface area (Å²) in [5.41, 5.74) is 1.44. The maximum atomic E-state index is 9.32. The van der Waals surface area contributed by atoms with Crippen molar-refractivity contribution >= 4 is 5.82 Å². The molecule has 1 aliphatic heterocycles. The van der Waals surface area contributed by atoms with Gasteiger partial charge in [0.1, 0.15) is 5.82 Å². The topological polar surface area (TPSA) is 45.6 Å². The van der Waals surface area contributed by atoms with Gasteiger partial charge in [-0.15, -0.1) is 0 Å².